The molecule has 0 saturated carbocycles. The third-order valence-corrected chi connectivity index (χ3v) is 5.25. The molecule has 0 spiro atoms. The van der Waals surface area contributed by atoms with Gasteiger partial charge in [0.15, 0.2) is 11.5 Å². The summed E-state index contributed by atoms with van der Waals surface area (Å²) in [5.74, 6) is 0.854. The van der Waals surface area contributed by atoms with Gasteiger partial charge >= 0.3 is 0 Å². The van der Waals surface area contributed by atoms with Crippen molar-refractivity contribution in [1.29, 1.82) is 0 Å². The number of aryl methyl sites for hydroxylation is 1. The highest BCUT2D eigenvalue weighted by molar-refractivity contribution is 9.10. The second-order valence-corrected chi connectivity index (χ2v) is 7.84. The number of hydrogen-bond acceptors (Lipinski definition) is 3. The normalized spacial score (nSPS) is 10.7. The molecule has 3 nitrogen and oxygen atoms in total. The van der Waals surface area contributed by atoms with E-state index in [1.807, 2.05) is 19.1 Å². The molecule has 0 unspecified atom stereocenters. The molecule has 0 saturated heterocycles. The van der Waals surface area contributed by atoms with E-state index in [1.54, 1.807) is 6.07 Å². The summed E-state index contributed by atoms with van der Waals surface area (Å²) in [6.07, 6.45) is 0. The van der Waals surface area contributed by atoms with Gasteiger partial charge in [0, 0.05) is 17.8 Å². The van der Waals surface area contributed by atoms with Gasteiger partial charge in [-0.1, -0.05) is 35.4 Å². The maximum atomic E-state index is 13.2. The molecule has 0 radical (unpaired) electrons. The monoisotopic (exact) mass is 477 g/mol. The summed E-state index contributed by atoms with van der Waals surface area (Å²) >= 11 is 9.68. The van der Waals surface area contributed by atoms with Crippen LogP contribution in [0.15, 0.2) is 59.1 Å². The predicted octanol–water partition coefficient (Wildman–Crippen LogP) is 7.14. The fraction of sp³-hybridized carbons (Fsp3) is 0.217. The van der Waals surface area contributed by atoms with Gasteiger partial charge in [0.1, 0.15) is 12.4 Å². The highest BCUT2D eigenvalue weighted by Crippen LogP contribution is 2.38. The van der Waals surface area contributed by atoms with Gasteiger partial charge < -0.3 is 14.8 Å². The van der Waals surface area contributed by atoms with E-state index in [-0.39, 0.29) is 12.4 Å². The second-order valence-electron chi connectivity index (χ2n) is 6.58. The number of ether oxygens (including phenoxy) is 2. The Hall–Kier alpha value is -2.24. The summed E-state index contributed by atoms with van der Waals surface area (Å²) in [7, 11) is 0. The van der Waals surface area contributed by atoms with Crippen molar-refractivity contribution in [3.8, 4) is 11.5 Å². The van der Waals surface area contributed by atoms with Crippen molar-refractivity contribution >= 4 is 33.2 Å². The van der Waals surface area contributed by atoms with Crippen LogP contribution in [0.3, 0.4) is 0 Å². The highest BCUT2D eigenvalue weighted by Gasteiger charge is 2.14. The van der Waals surface area contributed by atoms with Crippen molar-refractivity contribution in [1.82, 2.24) is 0 Å². The molecule has 1 N–H and O–H groups in total. The van der Waals surface area contributed by atoms with Crippen LogP contribution in [0.2, 0.25) is 5.02 Å². The molecule has 3 aromatic carbocycles. The van der Waals surface area contributed by atoms with Crippen LogP contribution in [0.1, 0.15) is 23.6 Å². The largest absolute Gasteiger partial charge is 0.490 e. The van der Waals surface area contributed by atoms with E-state index >= 15 is 0 Å². The molecular weight excluding hydrogens is 457 g/mol. The third kappa shape index (κ3) is 5.87. The van der Waals surface area contributed by atoms with Crippen molar-refractivity contribution in [2.24, 2.45) is 0 Å². The minimum Gasteiger partial charge on any atom is -0.490 e. The number of halogens is 3. The predicted molar refractivity (Wildman–Crippen MR) is 120 cm³/mol. The van der Waals surface area contributed by atoms with Crippen LogP contribution >= 0.6 is 27.5 Å². The molecule has 0 heterocycles. The summed E-state index contributed by atoms with van der Waals surface area (Å²) in [4.78, 5) is 0. The molecule has 0 amide bonds. The van der Waals surface area contributed by atoms with Crippen molar-refractivity contribution in [2.75, 3.05) is 11.9 Å². The molecule has 0 fully saturated rings. The van der Waals surface area contributed by atoms with E-state index in [9.17, 15) is 4.39 Å². The Balaban J connectivity index is 1.75. The molecule has 0 aliphatic rings. The first kappa shape index (κ1) is 21.5. The summed E-state index contributed by atoms with van der Waals surface area (Å²) in [5.41, 5.74) is 4.02. The molecule has 0 aliphatic carbocycles. The Bertz CT molecular complexity index is 979. The van der Waals surface area contributed by atoms with E-state index in [2.05, 4.69) is 52.4 Å². The number of benzene rings is 3. The SMILES string of the molecule is CCOc1cc(CNc2ccc(C)cc2)cc(Br)c1OCc1ccc(F)cc1Cl. The Labute approximate surface area is 183 Å². The van der Waals surface area contributed by atoms with E-state index in [0.717, 1.165) is 15.7 Å². The first-order valence-electron chi connectivity index (χ1n) is 9.28. The average Bonchev–Trinajstić information content (AvgIpc) is 2.68. The van der Waals surface area contributed by atoms with Crippen LogP contribution in [0, 0.1) is 12.7 Å². The average molecular weight is 479 g/mol. The zero-order chi connectivity index (χ0) is 20.8. The molecule has 0 aliphatic heterocycles. The van der Waals surface area contributed by atoms with Gasteiger partial charge in [0.25, 0.3) is 0 Å². The van der Waals surface area contributed by atoms with Crippen LogP contribution in [0.25, 0.3) is 0 Å². The minimum absolute atomic E-state index is 0.207. The van der Waals surface area contributed by atoms with Crippen LogP contribution in [0.5, 0.6) is 11.5 Å². The number of nitrogens with one attached hydrogen (secondary N) is 1. The Morgan fingerprint density at radius 3 is 2.48 bits per heavy atom. The zero-order valence-corrected chi connectivity index (χ0v) is 18.6. The lowest BCUT2D eigenvalue weighted by atomic mass is 10.1. The molecular formula is C23H22BrClFNO2. The van der Waals surface area contributed by atoms with Gasteiger partial charge in [-0.15, -0.1) is 0 Å². The molecule has 29 heavy (non-hydrogen) atoms. The standard InChI is InChI=1S/C23H22BrClFNO2/c1-3-28-22-11-16(13-27-19-8-4-15(2)5-9-19)10-20(24)23(22)29-14-17-6-7-18(26)12-21(17)25/h4-12,27H,3,13-14H2,1-2H3. The number of anilines is 1. The second kappa shape index (κ2) is 9.99. The highest BCUT2D eigenvalue weighted by atomic mass is 79.9. The fourth-order valence-corrected chi connectivity index (χ4v) is 3.62. The van der Waals surface area contributed by atoms with Gasteiger partial charge in [0.05, 0.1) is 16.1 Å². The number of hydrogen-bond donors (Lipinski definition) is 1. The third-order valence-electron chi connectivity index (χ3n) is 4.30. The van der Waals surface area contributed by atoms with Crippen molar-refractivity contribution in [3.63, 3.8) is 0 Å². The lowest BCUT2D eigenvalue weighted by molar-refractivity contribution is 0.267. The first-order chi connectivity index (χ1) is 14.0. The van der Waals surface area contributed by atoms with E-state index in [4.69, 9.17) is 21.1 Å². The van der Waals surface area contributed by atoms with Gasteiger partial charge in [0.2, 0.25) is 0 Å². The first-order valence-corrected chi connectivity index (χ1v) is 10.5. The maximum absolute atomic E-state index is 13.2. The Morgan fingerprint density at radius 1 is 1.03 bits per heavy atom. The molecule has 152 valence electrons. The Morgan fingerprint density at radius 2 is 1.79 bits per heavy atom. The molecule has 3 aromatic rings. The van der Waals surface area contributed by atoms with Crippen molar-refractivity contribution in [3.05, 3.63) is 86.6 Å². The lowest BCUT2D eigenvalue weighted by Gasteiger charge is -2.16. The van der Waals surface area contributed by atoms with Gasteiger partial charge in [-0.25, -0.2) is 4.39 Å². The van der Waals surface area contributed by atoms with Crippen molar-refractivity contribution < 1.29 is 13.9 Å². The maximum Gasteiger partial charge on any atom is 0.175 e. The topological polar surface area (TPSA) is 30.5 Å². The van der Waals surface area contributed by atoms with E-state index < -0.39 is 0 Å². The van der Waals surface area contributed by atoms with Gasteiger partial charge in [-0.05, 0) is 71.7 Å². The minimum atomic E-state index is -0.375. The van der Waals surface area contributed by atoms with Crippen LogP contribution in [-0.2, 0) is 13.2 Å². The molecule has 6 heteroatoms. The summed E-state index contributed by atoms with van der Waals surface area (Å²) in [6.45, 7) is 5.35. The van der Waals surface area contributed by atoms with Crippen LogP contribution < -0.4 is 14.8 Å². The summed E-state index contributed by atoms with van der Waals surface area (Å²) in [6, 6.07) is 16.5. The van der Waals surface area contributed by atoms with Gasteiger partial charge in [-0.3, -0.25) is 0 Å². The lowest BCUT2D eigenvalue weighted by Crippen LogP contribution is -2.04. The van der Waals surface area contributed by atoms with E-state index in [0.29, 0.717) is 35.2 Å². The van der Waals surface area contributed by atoms with Gasteiger partial charge in [-0.2, -0.15) is 0 Å². The molecule has 3 rings (SSSR count). The number of rotatable bonds is 8. The summed E-state index contributed by atoms with van der Waals surface area (Å²) < 4.78 is 25.8. The van der Waals surface area contributed by atoms with Crippen molar-refractivity contribution in [2.45, 2.75) is 27.0 Å². The van der Waals surface area contributed by atoms with Crippen LogP contribution in [0.4, 0.5) is 10.1 Å². The smallest absolute Gasteiger partial charge is 0.175 e. The molecule has 0 bridgehead atoms. The molecule has 0 atom stereocenters. The zero-order valence-electron chi connectivity index (χ0n) is 16.3. The Kier molecular flexibility index (Phi) is 7.40. The quantitative estimate of drug-likeness (QED) is 0.373. The molecule has 0 aromatic heterocycles. The summed E-state index contributed by atoms with van der Waals surface area (Å²) in [5, 5.41) is 3.74. The fourth-order valence-electron chi connectivity index (χ4n) is 2.79. The van der Waals surface area contributed by atoms with E-state index in [1.165, 1.54) is 17.7 Å². The van der Waals surface area contributed by atoms with Crippen LogP contribution in [-0.4, -0.2) is 6.61 Å².